The monoisotopic (exact) mass is 455 g/mol. The average molecular weight is 456 g/mol. The van der Waals surface area contributed by atoms with Crippen LogP contribution in [0.5, 0.6) is 0 Å². The molecule has 0 atom stereocenters. The van der Waals surface area contributed by atoms with Gasteiger partial charge in [0.25, 0.3) is 15.9 Å². The van der Waals surface area contributed by atoms with Crippen LogP contribution >= 0.6 is 15.9 Å². The van der Waals surface area contributed by atoms with Gasteiger partial charge in [-0.3, -0.25) is 4.79 Å². The minimum Gasteiger partial charge on any atom is -0.333 e. The Morgan fingerprint density at radius 3 is 2.37 bits per heavy atom. The number of nitrogens with zero attached hydrogens (tertiary/aromatic N) is 2. The number of carbonyl (C=O) groups excluding carboxylic acids is 1. The molecule has 1 N–H and O–H groups in total. The van der Waals surface area contributed by atoms with Crippen LogP contribution in [-0.4, -0.2) is 23.9 Å². The summed E-state index contributed by atoms with van der Waals surface area (Å²) in [5.74, 6) is -2.87. The first-order valence-corrected chi connectivity index (χ1v) is 9.78. The molecule has 0 radical (unpaired) electrons. The quantitative estimate of drug-likeness (QED) is 0.654. The van der Waals surface area contributed by atoms with E-state index in [0.29, 0.717) is 0 Å². The molecule has 6 nitrogen and oxygen atoms in total. The molecule has 0 saturated carbocycles. The van der Waals surface area contributed by atoms with E-state index in [2.05, 4.69) is 20.9 Å². The maximum absolute atomic E-state index is 14.0. The van der Waals surface area contributed by atoms with Crippen LogP contribution in [0.1, 0.15) is 10.5 Å². The molecule has 0 saturated heterocycles. The van der Waals surface area contributed by atoms with E-state index < -0.39 is 33.1 Å². The normalized spacial score (nSPS) is 11.4. The second-order valence-corrected chi connectivity index (χ2v) is 8.03. The van der Waals surface area contributed by atoms with Crippen LogP contribution in [0.15, 0.2) is 58.0 Å². The molecule has 1 aromatic heterocycles. The molecule has 0 fully saturated rings. The van der Waals surface area contributed by atoms with Crippen molar-refractivity contribution in [2.45, 2.75) is 4.90 Å². The molecular formula is C17H12BrF2N3O3S. The van der Waals surface area contributed by atoms with Crippen molar-refractivity contribution < 1.29 is 22.0 Å². The lowest BCUT2D eigenvalue weighted by Crippen LogP contribution is -2.31. The summed E-state index contributed by atoms with van der Waals surface area (Å²) < 4.78 is 56.1. The number of aromatic nitrogens is 2. The molecule has 1 heterocycles. The molecule has 3 rings (SSSR count). The van der Waals surface area contributed by atoms with Gasteiger partial charge < -0.3 is 4.57 Å². The predicted molar refractivity (Wildman–Crippen MR) is 97.4 cm³/mol. The van der Waals surface area contributed by atoms with Crippen molar-refractivity contribution in [2.75, 3.05) is 0 Å². The third kappa shape index (κ3) is 3.76. The second-order valence-electron chi connectivity index (χ2n) is 5.52. The van der Waals surface area contributed by atoms with Gasteiger partial charge in [0.2, 0.25) is 0 Å². The minimum atomic E-state index is -4.17. The Morgan fingerprint density at radius 2 is 1.74 bits per heavy atom. The highest BCUT2D eigenvalue weighted by Crippen LogP contribution is 2.25. The zero-order valence-electron chi connectivity index (χ0n) is 13.8. The first-order valence-electron chi connectivity index (χ1n) is 7.50. The van der Waals surface area contributed by atoms with Crippen LogP contribution in [0.25, 0.3) is 11.4 Å². The van der Waals surface area contributed by atoms with Crippen LogP contribution in [0.3, 0.4) is 0 Å². The summed E-state index contributed by atoms with van der Waals surface area (Å²) in [4.78, 5) is 16.1. The molecular weight excluding hydrogens is 444 g/mol. The van der Waals surface area contributed by atoms with Gasteiger partial charge in [0.05, 0.1) is 5.56 Å². The van der Waals surface area contributed by atoms with Gasteiger partial charge in [-0.15, -0.1) is 0 Å². The number of rotatable bonds is 4. The lowest BCUT2D eigenvalue weighted by atomic mass is 10.2. The molecule has 0 bridgehead atoms. The van der Waals surface area contributed by atoms with E-state index in [1.165, 1.54) is 42.1 Å². The SMILES string of the molecule is Cn1cc(C(=O)NS(=O)(=O)c2ccccc2Br)nc1-c1c(F)cccc1F. The van der Waals surface area contributed by atoms with Crippen molar-refractivity contribution in [3.05, 3.63) is 70.5 Å². The largest absolute Gasteiger partial charge is 0.333 e. The van der Waals surface area contributed by atoms with E-state index in [9.17, 15) is 22.0 Å². The van der Waals surface area contributed by atoms with Gasteiger partial charge in [0.15, 0.2) is 0 Å². The molecule has 0 aliphatic carbocycles. The fourth-order valence-corrected chi connectivity index (χ4v) is 4.38. The average Bonchev–Trinajstić information content (AvgIpc) is 2.96. The third-order valence-corrected chi connectivity index (χ3v) is 5.99. The molecule has 0 spiro atoms. The Morgan fingerprint density at radius 1 is 1.11 bits per heavy atom. The van der Waals surface area contributed by atoms with Crippen molar-refractivity contribution in [3.8, 4) is 11.4 Å². The van der Waals surface area contributed by atoms with E-state index in [4.69, 9.17) is 0 Å². The molecule has 1 amide bonds. The molecule has 0 aliphatic rings. The van der Waals surface area contributed by atoms with Crippen molar-refractivity contribution in [1.82, 2.24) is 14.3 Å². The molecule has 2 aromatic carbocycles. The van der Waals surface area contributed by atoms with Crippen molar-refractivity contribution in [1.29, 1.82) is 0 Å². The van der Waals surface area contributed by atoms with Gasteiger partial charge in [-0.2, -0.15) is 0 Å². The number of sulfonamides is 1. The highest BCUT2D eigenvalue weighted by molar-refractivity contribution is 9.10. The Balaban J connectivity index is 1.95. The van der Waals surface area contributed by atoms with Gasteiger partial charge in [0.1, 0.15) is 28.0 Å². The summed E-state index contributed by atoms with van der Waals surface area (Å²) in [7, 11) is -2.73. The van der Waals surface area contributed by atoms with Crippen LogP contribution in [-0.2, 0) is 17.1 Å². The molecule has 140 valence electrons. The number of hydrogen-bond acceptors (Lipinski definition) is 4. The standard InChI is InChI=1S/C17H12BrF2N3O3S/c1-23-9-13(21-16(23)15-11(19)6-4-7-12(15)20)17(24)22-27(25,26)14-8-3-2-5-10(14)18/h2-9H,1H3,(H,22,24). The first kappa shape index (κ1) is 19.2. The van der Waals surface area contributed by atoms with Gasteiger partial charge >= 0.3 is 0 Å². The molecule has 0 aliphatic heterocycles. The van der Waals surface area contributed by atoms with Crippen LogP contribution in [0.2, 0.25) is 0 Å². The lowest BCUT2D eigenvalue weighted by molar-refractivity contribution is 0.0977. The summed E-state index contributed by atoms with van der Waals surface area (Å²) in [6.45, 7) is 0. The minimum absolute atomic E-state index is 0.130. The molecule has 10 heteroatoms. The predicted octanol–water partition coefficient (Wildman–Crippen LogP) is 3.25. The number of halogens is 3. The van der Waals surface area contributed by atoms with Gasteiger partial charge in [-0.25, -0.2) is 26.9 Å². The van der Waals surface area contributed by atoms with Gasteiger partial charge in [-0.1, -0.05) is 18.2 Å². The lowest BCUT2D eigenvalue weighted by Gasteiger charge is -2.07. The number of benzene rings is 2. The summed E-state index contributed by atoms with van der Waals surface area (Å²) >= 11 is 3.11. The van der Waals surface area contributed by atoms with Gasteiger partial charge in [0, 0.05) is 17.7 Å². The number of aryl methyl sites for hydroxylation is 1. The summed E-state index contributed by atoms with van der Waals surface area (Å²) in [5.41, 5.74) is -0.710. The van der Waals surface area contributed by atoms with E-state index in [-0.39, 0.29) is 20.9 Å². The number of imidazole rings is 1. The molecule has 27 heavy (non-hydrogen) atoms. The summed E-state index contributed by atoms with van der Waals surface area (Å²) in [6.07, 6.45) is 1.19. The summed E-state index contributed by atoms with van der Waals surface area (Å²) in [5, 5.41) is 0. The summed E-state index contributed by atoms with van der Waals surface area (Å²) in [6, 6.07) is 9.28. The Hall–Kier alpha value is -2.59. The van der Waals surface area contributed by atoms with E-state index in [1.807, 2.05) is 4.72 Å². The fourth-order valence-electron chi connectivity index (χ4n) is 2.41. The van der Waals surface area contributed by atoms with E-state index in [0.717, 1.165) is 12.1 Å². The molecule has 3 aromatic rings. The topological polar surface area (TPSA) is 81.1 Å². The number of amides is 1. The maximum Gasteiger partial charge on any atom is 0.285 e. The van der Waals surface area contributed by atoms with Crippen LogP contribution in [0.4, 0.5) is 8.78 Å². The van der Waals surface area contributed by atoms with E-state index in [1.54, 1.807) is 6.07 Å². The number of nitrogens with one attached hydrogen (secondary N) is 1. The highest BCUT2D eigenvalue weighted by atomic mass is 79.9. The Bertz CT molecular complexity index is 1130. The van der Waals surface area contributed by atoms with E-state index >= 15 is 0 Å². The fraction of sp³-hybridized carbons (Fsp3) is 0.0588. The Kier molecular flexibility index (Phi) is 5.11. The van der Waals surface area contributed by atoms with Crippen molar-refractivity contribution >= 4 is 31.9 Å². The third-order valence-electron chi connectivity index (χ3n) is 3.65. The maximum atomic E-state index is 14.0. The highest BCUT2D eigenvalue weighted by Gasteiger charge is 2.24. The Labute approximate surface area is 162 Å². The van der Waals surface area contributed by atoms with Crippen LogP contribution < -0.4 is 4.72 Å². The zero-order chi connectivity index (χ0) is 19.8. The van der Waals surface area contributed by atoms with Crippen LogP contribution in [0, 0.1) is 11.6 Å². The van der Waals surface area contributed by atoms with Crippen molar-refractivity contribution in [3.63, 3.8) is 0 Å². The van der Waals surface area contributed by atoms with Gasteiger partial charge in [-0.05, 0) is 40.2 Å². The smallest absolute Gasteiger partial charge is 0.285 e. The molecule has 0 unspecified atom stereocenters. The zero-order valence-corrected chi connectivity index (χ0v) is 16.2. The number of hydrogen-bond donors (Lipinski definition) is 1. The van der Waals surface area contributed by atoms with Crippen molar-refractivity contribution in [2.24, 2.45) is 7.05 Å². The number of carbonyl (C=O) groups is 1. The first-order chi connectivity index (χ1) is 12.7. The second kappa shape index (κ2) is 7.20.